The van der Waals surface area contributed by atoms with Crippen LogP contribution in [0.1, 0.15) is 64.2 Å². The molecule has 0 spiro atoms. The molecule has 0 radical (unpaired) electrons. The molecule has 0 saturated heterocycles. The molecule has 0 aromatic carbocycles. The number of aromatic nitrogens is 2. The van der Waals surface area contributed by atoms with Crippen LogP contribution in [-0.4, -0.2) is 27.8 Å². The second-order valence-corrected chi connectivity index (χ2v) is 6.75. The standard InChI is InChI=1S/C13H22N4O4/c1-12(2,3)7(15-11(19)21-13(4,5)6)9-16-17-10(20-9)8(14)18/h7H,1-6H3,(H2,14,18)(H,15,19)/t7-/m1/s1. The van der Waals surface area contributed by atoms with Gasteiger partial charge in [-0.1, -0.05) is 20.8 Å². The Bertz CT molecular complexity index is 525. The first-order valence-corrected chi connectivity index (χ1v) is 6.53. The summed E-state index contributed by atoms with van der Waals surface area (Å²) in [6, 6.07) is -0.618. The fourth-order valence-electron chi connectivity index (χ4n) is 1.52. The maximum Gasteiger partial charge on any atom is 0.408 e. The maximum absolute atomic E-state index is 11.9. The fourth-order valence-corrected chi connectivity index (χ4v) is 1.52. The van der Waals surface area contributed by atoms with Crippen molar-refractivity contribution in [3.8, 4) is 0 Å². The van der Waals surface area contributed by atoms with Crippen LogP contribution < -0.4 is 11.1 Å². The summed E-state index contributed by atoms with van der Waals surface area (Å²) in [5, 5.41) is 9.99. The minimum Gasteiger partial charge on any atom is -0.444 e. The van der Waals surface area contributed by atoms with Gasteiger partial charge in [0.15, 0.2) is 0 Å². The van der Waals surface area contributed by atoms with Gasteiger partial charge in [0, 0.05) is 0 Å². The molecule has 0 aliphatic rings. The first-order chi connectivity index (χ1) is 9.40. The van der Waals surface area contributed by atoms with Crippen LogP contribution in [0.3, 0.4) is 0 Å². The van der Waals surface area contributed by atoms with Crippen molar-refractivity contribution in [1.82, 2.24) is 15.5 Å². The molecule has 1 atom stereocenters. The summed E-state index contributed by atoms with van der Waals surface area (Å²) in [6.07, 6.45) is -0.610. The number of nitrogens with zero attached hydrogens (tertiary/aromatic N) is 2. The van der Waals surface area contributed by atoms with Crippen molar-refractivity contribution >= 4 is 12.0 Å². The number of hydrogen-bond acceptors (Lipinski definition) is 6. The van der Waals surface area contributed by atoms with E-state index < -0.39 is 29.1 Å². The lowest BCUT2D eigenvalue weighted by molar-refractivity contribution is 0.0446. The van der Waals surface area contributed by atoms with Gasteiger partial charge in [0.25, 0.3) is 0 Å². The smallest absolute Gasteiger partial charge is 0.408 e. The third kappa shape index (κ3) is 5.05. The molecular weight excluding hydrogens is 276 g/mol. The van der Waals surface area contributed by atoms with E-state index in [-0.39, 0.29) is 11.8 Å². The molecule has 8 heteroatoms. The zero-order valence-electron chi connectivity index (χ0n) is 13.2. The first-order valence-electron chi connectivity index (χ1n) is 6.53. The number of carbonyl (C=O) groups excluding carboxylic acids is 2. The molecule has 3 N–H and O–H groups in total. The fraction of sp³-hybridized carbons (Fsp3) is 0.692. The number of primary amides is 1. The molecule has 1 aromatic rings. The highest BCUT2D eigenvalue weighted by Gasteiger charge is 2.34. The van der Waals surface area contributed by atoms with Crippen molar-refractivity contribution < 1.29 is 18.7 Å². The van der Waals surface area contributed by atoms with Crippen LogP contribution in [0.15, 0.2) is 4.42 Å². The number of carbonyl (C=O) groups is 2. The maximum atomic E-state index is 11.9. The van der Waals surface area contributed by atoms with Crippen LogP contribution in [0.25, 0.3) is 0 Å². The van der Waals surface area contributed by atoms with Crippen molar-refractivity contribution in [2.75, 3.05) is 0 Å². The third-order valence-corrected chi connectivity index (χ3v) is 2.43. The second kappa shape index (κ2) is 5.71. The highest BCUT2D eigenvalue weighted by Crippen LogP contribution is 2.32. The largest absolute Gasteiger partial charge is 0.444 e. The van der Waals surface area contributed by atoms with Crippen molar-refractivity contribution in [3.05, 3.63) is 11.8 Å². The van der Waals surface area contributed by atoms with Crippen molar-refractivity contribution in [1.29, 1.82) is 0 Å². The molecule has 1 aromatic heterocycles. The predicted octanol–water partition coefficient (Wildman–Crippen LogP) is 1.78. The summed E-state index contributed by atoms with van der Waals surface area (Å²) in [4.78, 5) is 22.9. The number of ether oxygens (including phenoxy) is 1. The molecule has 2 amide bonds. The Morgan fingerprint density at radius 2 is 1.76 bits per heavy atom. The molecule has 0 aliphatic carbocycles. The molecule has 8 nitrogen and oxygen atoms in total. The summed E-state index contributed by atoms with van der Waals surface area (Å²) in [7, 11) is 0. The summed E-state index contributed by atoms with van der Waals surface area (Å²) in [6.45, 7) is 10.9. The average molecular weight is 298 g/mol. The average Bonchev–Trinajstić information content (AvgIpc) is 2.70. The van der Waals surface area contributed by atoms with Gasteiger partial charge < -0.3 is 20.2 Å². The molecule has 1 rings (SSSR count). The van der Waals surface area contributed by atoms with E-state index in [1.165, 1.54) is 0 Å². The minimum atomic E-state index is -0.821. The van der Waals surface area contributed by atoms with Crippen LogP contribution in [0.5, 0.6) is 0 Å². The summed E-state index contributed by atoms with van der Waals surface area (Å²) in [5.41, 5.74) is 4.02. The summed E-state index contributed by atoms with van der Waals surface area (Å²) in [5.74, 6) is -1.02. The Morgan fingerprint density at radius 1 is 1.19 bits per heavy atom. The van der Waals surface area contributed by atoms with Gasteiger partial charge in [-0.2, -0.15) is 0 Å². The van der Waals surface area contributed by atoms with Gasteiger partial charge in [-0.15, -0.1) is 10.2 Å². The summed E-state index contributed by atoms with van der Waals surface area (Å²) < 4.78 is 10.4. The van der Waals surface area contributed by atoms with Crippen LogP contribution in [0.2, 0.25) is 0 Å². The SMILES string of the molecule is CC(C)(C)OC(=O)N[C@H](c1nnc(C(N)=O)o1)C(C)(C)C. The number of rotatable bonds is 3. The van der Waals surface area contributed by atoms with Gasteiger partial charge in [-0.25, -0.2) is 4.79 Å². The third-order valence-electron chi connectivity index (χ3n) is 2.43. The predicted molar refractivity (Wildman–Crippen MR) is 74.4 cm³/mol. The van der Waals surface area contributed by atoms with E-state index in [0.717, 1.165) is 0 Å². The van der Waals surface area contributed by atoms with Gasteiger partial charge in [0.05, 0.1) is 0 Å². The first kappa shape index (κ1) is 16.9. The number of amides is 2. The Labute approximate surface area is 123 Å². The summed E-state index contributed by atoms with van der Waals surface area (Å²) >= 11 is 0. The topological polar surface area (TPSA) is 120 Å². The Balaban J connectivity index is 2.96. The van der Waals surface area contributed by atoms with Crippen molar-refractivity contribution in [2.24, 2.45) is 11.1 Å². The molecule has 118 valence electrons. The van der Waals surface area contributed by atoms with E-state index in [0.29, 0.717) is 0 Å². The van der Waals surface area contributed by atoms with E-state index in [9.17, 15) is 9.59 Å². The normalized spacial score (nSPS) is 13.6. The zero-order chi connectivity index (χ0) is 16.4. The number of alkyl carbamates (subject to hydrolysis) is 1. The number of nitrogens with one attached hydrogen (secondary N) is 1. The lowest BCUT2D eigenvalue weighted by Crippen LogP contribution is -2.40. The van der Waals surface area contributed by atoms with E-state index in [4.69, 9.17) is 14.9 Å². The van der Waals surface area contributed by atoms with Gasteiger partial charge >= 0.3 is 17.9 Å². The van der Waals surface area contributed by atoms with E-state index in [1.807, 2.05) is 20.8 Å². The molecular formula is C13H22N4O4. The van der Waals surface area contributed by atoms with Gasteiger partial charge in [0.2, 0.25) is 5.89 Å². The molecule has 0 aliphatic heterocycles. The number of hydrogen-bond donors (Lipinski definition) is 2. The molecule has 1 heterocycles. The molecule has 0 unspecified atom stereocenters. The van der Waals surface area contributed by atoms with Crippen LogP contribution in [-0.2, 0) is 4.74 Å². The molecule has 0 saturated carbocycles. The monoisotopic (exact) mass is 298 g/mol. The second-order valence-electron chi connectivity index (χ2n) is 6.75. The quantitative estimate of drug-likeness (QED) is 0.877. The highest BCUT2D eigenvalue weighted by molar-refractivity contribution is 5.87. The van der Waals surface area contributed by atoms with Gasteiger partial charge in [-0.05, 0) is 26.2 Å². The zero-order valence-corrected chi connectivity index (χ0v) is 13.2. The molecule has 21 heavy (non-hydrogen) atoms. The van der Waals surface area contributed by atoms with Gasteiger partial charge in [-0.3, -0.25) is 4.79 Å². The molecule has 0 fully saturated rings. The molecule has 0 bridgehead atoms. The van der Waals surface area contributed by atoms with E-state index in [2.05, 4.69) is 15.5 Å². The Hall–Kier alpha value is -2.12. The lowest BCUT2D eigenvalue weighted by Gasteiger charge is -2.29. The number of nitrogens with two attached hydrogens (primary N) is 1. The lowest BCUT2D eigenvalue weighted by atomic mass is 9.87. The Kier molecular flexibility index (Phi) is 4.60. The van der Waals surface area contributed by atoms with Gasteiger partial charge in [0.1, 0.15) is 11.6 Å². The van der Waals surface area contributed by atoms with Crippen LogP contribution in [0, 0.1) is 5.41 Å². The van der Waals surface area contributed by atoms with Crippen LogP contribution in [0.4, 0.5) is 4.79 Å². The van der Waals surface area contributed by atoms with Crippen LogP contribution >= 0.6 is 0 Å². The van der Waals surface area contributed by atoms with E-state index >= 15 is 0 Å². The highest BCUT2D eigenvalue weighted by atomic mass is 16.6. The minimum absolute atomic E-state index is 0.0992. The Morgan fingerprint density at radius 3 is 2.14 bits per heavy atom. The van der Waals surface area contributed by atoms with Crippen molar-refractivity contribution in [3.63, 3.8) is 0 Å². The van der Waals surface area contributed by atoms with Crippen molar-refractivity contribution in [2.45, 2.75) is 53.2 Å². The van der Waals surface area contributed by atoms with E-state index in [1.54, 1.807) is 20.8 Å².